The fraction of sp³-hybridized carbons (Fsp3) is 0.500. The summed E-state index contributed by atoms with van der Waals surface area (Å²) in [5.74, 6) is 0. The SMILES string of the molecule is C=C(/C=C(C)\C=N/C)CCCN. The van der Waals surface area contributed by atoms with Gasteiger partial charge >= 0.3 is 0 Å². The lowest BCUT2D eigenvalue weighted by Gasteiger charge is -1.98. The standard InChI is InChI=1S/C10H18N2/c1-9(5-4-6-11)7-10(2)8-12-3/h7-8H,1,4-6,11H2,2-3H3/b10-7-,12-8-. The Morgan fingerprint density at radius 3 is 2.75 bits per heavy atom. The Morgan fingerprint density at radius 1 is 1.58 bits per heavy atom. The van der Waals surface area contributed by atoms with Crippen molar-refractivity contribution in [2.75, 3.05) is 13.6 Å². The highest BCUT2D eigenvalue weighted by Crippen LogP contribution is 2.05. The third kappa shape index (κ3) is 5.86. The minimum atomic E-state index is 0.730. The molecule has 0 aliphatic heterocycles. The molecule has 0 amide bonds. The van der Waals surface area contributed by atoms with Crippen LogP contribution >= 0.6 is 0 Å². The van der Waals surface area contributed by atoms with Crippen LogP contribution in [0.3, 0.4) is 0 Å². The van der Waals surface area contributed by atoms with Crippen molar-refractivity contribution in [3.05, 3.63) is 23.8 Å². The number of aliphatic imine (C=N–C) groups is 1. The van der Waals surface area contributed by atoms with Gasteiger partial charge < -0.3 is 5.73 Å². The number of hydrogen-bond acceptors (Lipinski definition) is 2. The number of rotatable bonds is 5. The highest BCUT2D eigenvalue weighted by atomic mass is 14.6. The average Bonchev–Trinajstić information content (AvgIpc) is 2.01. The minimum Gasteiger partial charge on any atom is -0.330 e. The monoisotopic (exact) mass is 166 g/mol. The van der Waals surface area contributed by atoms with E-state index in [4.69, 9.17) is 5.73 Å². The summed E-state index contributed by atoms with van der Waals surface area (Å²) in [4.78, 5) is 3.91. The van der Waals surface area contributed by atoms with E-state index < -0.39 is 0 Å². The van der Waals surface area contributed by atoms with E-state index in [1.54, 1.807) is 7.05 Å². The Hall–Kier alpha value is -0.890. The lowest BCUT2D eigenvalue weighted by atomic mass is 10.1. The van der Waals surface area contributed by atoms with Crippen LogP contribution in [0.2, 0.25) is 0 Å². The molecule has 0 aromatic carbocycles. The Bertz CT molecular complexity index is 190. The molecule has 68 valence electrons. The molecule has 0 heterocycles. The quantitative estimate of drug-likeness (QED) is 0.492. The summed E-state index contributed by atoms with van der Waals surface area (Å²) >= 11 is 0. The van der Waals surface area contributed by atoms with Gasteiger partial charge in [-0.25, -0.2) is 0 Å². The van der Waals surface area contributed by atoms with E-state index in [0.29, 0.717) is 0 Å². The Morgan fingerprint density at radius 2 is 2.25 bits per heavy atom. The second-order valence-electron chi connectivity index (χ2n) is 2.83. The van der Waals surface area contributed by atoms with Gasteiger partial charge in [-0.2, -0.15) is 0 Å². The van der Waals surface area contributed by atoms with Crippen LogP contribution in [-0.4, -0.2) is 19.8 Å². The van der Waals surface area contributed by atoms with Crippen LogP contribution in [0.25, 0.3) is 0 Å². The van der Waals surface area contributed by atoms with Crippen molar-refractivity contribution >= 4 is 6.21 Å². The summed E-state index contributed by atoms with van der Waals surface area (Å²) in [6.45, 7) is 6.67. The summed E-state index contributed by atoms with van der Waals surface area (Å²) in [5.41, 5.74) is 7.64. The Balaban J connectivity index is 3.88. The molecule has 0 bridgehead atoms. The van der Waals surface area contributed by atoms with Crippen LogP contribution in [0.1, 0.15) is 19.8 Å². The topological polar surface area (TPSA) is 38.4 Å². The smallest absolute Gasteiger partial charge is 0.0277 e. The van der Waals surface area contributed by atoms with Crippen LogP contribution in [0.5, 0.6) is 0 Å². The molecule has 0 aromatic rings. The second kappa shape index (κ2) is 6.80. The van der Waals surface area contributed by atoms with Gasteiger partial charge in [0.05, 0.1) is 0 Å². The van der Waals surface area contributed by atoms with E-state index in [1.165, 1.54) is 0 Å². The molecule has 0 saturated heterocycles. The zero-order chi connectivity index (χ0) is 9.40. The fourth-order valence-corrected chi connectivity index (χ4v) is 0.964. The van der Waals surface area contributed by atoms with Crippen molar-refractivity contribution < 1.29 is 0 Å². The van der Waals surface area contributed by atoms with Crippen molar-refractivity contribution in [2.45, 2.75) is 19.8 Å². The summed E-state index contributed by atoms with van der Waals surface area (Å²) in [5, 5.41) is 0. The molecule has 0 aliphatic carbocycles. The normalized spacial score (nSPS) is 12.4. The lowest BCUT2D eigenvalue weighted by Crippen LogP contribution is -1.98. The third-order valence-corrected chi connectivity index (χ3v) is 1.47. The van der Waals surface area contributed by atoms with Gasteiger partial charge in [-0.3, -0.25) is 4.99 Å². The highest BCUT2D eigenvalue weighted by molar-refractivity contribution is 5.78. The predicted octanol–water partition coefficient (Wildman–Crippen LogP) is 1.93. The van der Waals surface area contributed by atoms with Crippen molar-refractivity contribution in [3.63, 3.8) is 0 Å². The predicted molar refractivity (Wildman–Crippen MR) is 55.6 cm³/mol. The number of nitrogens with two attached hydrogens (primary N) is 1. The van der Waals surface area contributed by atoms with Crippen molar-refractivity contribution in [1.82, 2.24) is 0 Å². The molecule has 0 radical (unpaired) electrons. The molecule has 0 spiro atoms. The number of hydrogen-bond donors (Lipinski definition) is 1. The number of allylic oxidation sites excluding steroid dienone is 3. The number of nitrogens with zero attached hydrogens (tertiary/aromatic N) is 1. The molecule has 0 unspecified atom stereocenters. The maximum atomic E-state index is 5.38. The first-order valence-corrected chi connectivity index (χ1v) is 4.19. The van der Waals surface area contributed by atoms with Crippen LogP contribution in [0.15, 0.2) is 28.8 Å². The zero-order valence-corrected chi connectivity index (χ0v) is 8.01. The maximum absolute atomic E-state index is 5.38. The molecule has 12 heavy (non-hydrogen) atoms. The molecule has 0 rings (SSSR count). The zero-order valence-electron chi connectivity index (χ0n) is 8.01. The average molecular weight is 166 g/mol. The first-order valence-electron chi connectivity index (χ1n) is 4.19. The van der Waals surface area contributed by atoms with E-state index in [9.17, 15) is 0 Å². The molecule has 0 aliphatic rings. The van der Waals surface area contributed by atoms with Crippen LogP contribution in [0, 0.1) is 0 Å². The van der Waals surface area contributed by atoms with E-state index in [2.05, 4.69) is 11.6 Å². The van der Waals surface area contributed by atoms with Crippen LogP contribution in [0.4, 0.5) is 0 Å². The molecular formula is C10H18N2. The fourth-order valence-electron chi connectivity index (χ4n) is 0.964. The van der Waals surface area contributed by atoms with Gasteiger partial charge in [-0.1, -0.05) is 18.2 Å². The van der Waals surface area contributed by atoms with E-state index in [-0.39, 0.29) is 0 Å². The highest BCUT2D eigenvalue weighted by Gasteiger charge is 1.89. The summed E-state index contributed by atoms with van der Waals surface area (Å²) in [6.07, 6.45) is 5.85. The molecule has 2 heteroatoms. The van der Waals surface area contributed by atoms with Gasteiger partial charge in [0, 0.05) is 13.3 Å². The summed E-state index contributed by atoms with van der Waals surface area (Å²) < 4.78 is 0. The molecule has 0 aromatic heterocycles. The third-order valence-electron chi connectivity index (χ3n) is 1.47. The van der Waals surface area contributed by atoms with Gasteiger partial charge in [0.25, 0.3) is 0 Å². The first kappa shape index (κ1) is 11.1. The van der Waals surface area contributed by atoms with Crippen molar-refractivity contribution in [1.29, 1.82) is 0 Å². The molecule has 0 saturated carbocycles. The molecular weight excluding hydrogens is 148 g/mol. The summed E-state index contributed by atoms with van der Waals surface area (Å²) in [7, 11) is 1.76. The Labute approximate surface area is 74.9 Å². The van der Waals surface area contributed by atoms with Gasteiger partial charge in [0.1, 0.15) is 0 Å². The van der Waals surface area contributed by atoms with Crippen molar-refractivity contribution in [3.8, 4) is 0 Å². The van der Waals surface area contributed by atoms with E-state index in [1.807, 2.05) is 19.2 Å². The van der Waals surface area contributed by atoms with E-state index in [0.717, 1.165) is 30.5 Å². The van der Waals surface area contributed by atoms with Crippen molar-refractivity contribution in [2.24, 2.45) is 10.7 Å². The van der Waals surface area contributed by atoms with Gasteiger partial charge in [-0.05, 0) is 31.9 Å². The maximum Gasteiger partial charge on any atom is 0.0277 e. The largest absolute Gasteiger partial charge is 0.330 e. The second-order valence-corrected chi connectivity index (χ2v) is 2.83. The van der Waals surface area contributed by atoms with E-state index >= 15 is 0 Å². The van der Waals surface area contributed by atoms with Crippen LogP contribution < -0.4 is 5.73 Å². The minimum absolute atomic E-state index is 0.730. The molecule has 0 fully saturated rings. The first-order chi connectivity index (χ1) is 5.70. The Kier molecular flexibility index (Phi) is 6.29. The molecule has 2 nitrogen and oxygen atoms in total. The molecule has 2 N–H and O–H groups in total. The molecule has 0 atom stereocenters. The van der Waals surface area contributed by atoms with Gasteiger partial charge in [-0.15, -0.1) is 0 Å². The summed E-state index contributed by atoms with van der Waals surface area (Å²) in [6, 6.07) is 0. The van der Waals surface area contributed by atoms with Crippen LogP contribution in [-0.2, 0) is 0 Å². The lowest BCUT2D eigenvalue weighted by molar-refractivity contribution is 0.837. The van der Waals surface area contributed by atoms with Gasteiger partial charge in [0.2, 0.25) is 0 Å². The van der Waals surface area contributed by atoms with Gasteiger partial charge in [0.15, 0.2) is 0 Å².